The monoisotopic (exact) mass is 282 g/mol. The van der Waals surface area contributed by atoms with Crippen LogP contribution in [0.15, 0.2) is 22.7 Å². The molecule has 1 saturated heterocycles. The first-order valence-electron chi connectivity index (χ1n) is 5.77. The molecule has 0 unspecified atom stereocenters. The molecular weight excluding hydrogens is 264 g/mol. The van der Waals surface area contributed by atoms with Crippen molar-refractivity contribution in [1.82, 2.24) is 4.90 Å². The van der Waals surface area contributed by atoms with E-state index in [1.807, 2.05) is 6.07 Å². The fourth-order valence-electron chi connectivity index (χ4n) is 2.44. The number of nitrogens with two attached hydrogens (primary N) is 1. The van der Waals surface area contributed by atoms with E-state index >= 15 is 0 Å². The highest BCUT2D eigenvalue weighted by atomic mass is 79.9. The third kappa shape index (κ3) is 2.58. The maximum atomic E-state index is 5.85. The van der Waals surface area contributed by atoms with E-state index < -0.39 is 0 Å². The summed E-state index contributed by atoms with van der Waals surface area (Å²) in [6.07, 6.45) is 2.59. The Labute approximate surface area is 106 Å². The molecule has 1 fully saturated rings. The van der Waals surface area contributed by atoms with Crippen molar-refractivity contribution in [3.8, 4) is 0 Å². The van der Waals surface area contributed by atoms with Crippen molar-refractivity contribution in [3.05, 3.63) is 28.2 Å². The van der Waals surface area contributed by atoms with Gasteiger partial charge in [0.25, 0.3) is 0 Å². The van der Waals surface area contributed by atoms with Crippen LogP contribution < -0.4 is 5.73 Å². The van der Waals surface area contributed by atoms with Crippen LogP contribution in [0.25, 0.3) is 0 Å². The van der Waals surface area contributed by atoms with Crippen molar-refractivity contribution in [2.24, 2.45) is 0 Å². The summed E-state index contributed by atoms with van der Waals surface area (Å²) < 4.78 is 1.07. The van der Waals surface area contributed by atoms with Crippen LogP contribution in [-0.4, -0.2) is 17.0 Å². The molecule has 1 heterocycles. The first kappa shape index (κ1) is 11.9. The van der Waals surface area contributed by atoms with E-state index in [0.717, 1.165) is 16.7 Å². The van der Waals surface area contributed by atoms with Gasteiger partial charge in [0.15, 0.2) is 0 Å². The van der Waals surface area contributed by atoms with E-state index in [9.17, 15) is 0 Å². The zero-order chi connectivity index (χ0) is 11.8. The van der Waals surface area contributed by atoms with Gasteiger partial charge in [0.2, 0.25) is 0 Å². The standard InChI is InChI=1S/C13H19BrN2/c1-13(2)4-3-5-16(13)9-10-6-11(14)8-12(15)7-10/h6-8H,3-5,9,15H2,1-2H3. The average molecular weight is 283 g/mol. The molecule has 2 rings (SSSR count). The highest BCUT2D eigenvalue weighted by Crippen LogP contribution is 2.30. The van der Waals surface area contributed by atoms with Gasteiger partial charge in [-0.05, 0) is 57.0 Å². The van der Waals surface area contributed by atoms with E-state index in [1.165, 1.54) is 24.9 Å². The van der Waals surface area contributed by atoms with Gasteiger partial charge in [-0.2, -0.15) is 0 Å². The maximum Gasteiger partial charge on any atom is 0.0328 e. The zero-order valence-electron chi connectivity index (χ0n) is 9.96. The lowest BCUT2D eigenvalue weighted by atomic mass is 10.0. The van der Waals surface area contributed by atoms with Gasteiger partial charge in [0.1, 0.15) is 0 Å². The van der Waals surface area contributed by atoms with Crippen LogP contribution >= 0.6 is 15.9 Å². The molecule has 16 heavy (non-hydrogen) atoms. The second-order valence-corrected chi connectivity index (χ2v) is 6.15. The number of likely N-dealkylation sites (tertiary alicyclic amines) is 1. The van der Waals surface area contributed by atoms with Crippen LogP contribution in [0, 0.1) is 0 Å². The average Bonchev–Trinajstić information content (AvgIpc) is 2.44. The molecule has 0 amide bonds. The predicted molar refractivity (Wildman–Crippen MR) is 72.3 cm³/mol. The van der Waals surface area contributed by atoms with Crippen LogP contribution in [0.3, 0.4) is 0 Å². The van der Waals surface area contributed by atoms with Crippen molar-refractivity contribution in [3.63, 3.8) is 0 Å². The van der Waals surface area contributed by atoms with Gasteiger partial charge in [-0.25, -0.2) is 0 Å². The third-order valence-corrected chi connectivity index (χ3v) is 3.88. The summed E-state index contributed by atoms with van der Waals surface area (Å²) in [7, 11) is 0. The Hall–Kier alpha value is -0.540. The summed E-state index contributed by atoms with van der Waals surface area (Å²) in [4.78, 5) is 2.54. The molecule has 0 spiro atoms. The summed E-state index contributed by atoms with van der Waals surface area (Å²) in [5, 5.41) is 0. The Kier molecular flexibility index (Phi) is 3.27. The Morgan fingerprint density at radius 1 is 1.38 bits per heavy atom. The predicted octanol–water partition coefficient (Wildman–Crippen LogP) is 3.41. The van der Waals surface area contributed by atoms with Crippen LogP contribution in [0.5, 0.6) is 0 Å². The van der Waals surface area contributed by atoms with E-state index in [2.05, 4.69) is 46.8 Å². The molecule has 1 aromatic rings. The van der Waals surface area contributed by atoms with Crippen molar-refractivity contribution < 1.29 is 0 Å². The SMILES string of the molecule is CC1(C)CCCN1Cc1cc(N)cc(Br)c1. The molecule has 3 heteroatoms. The molecule has 0 aromatic heterocycles. The number of halogens is 1. The molecule has 0 atom stereocenters. The first-order chi connectivity index (χ1) is 7.47. The molecule has 1 aromatic carbocycles. The van der Waals surface area contributed by atoms with Gasteiger partial charge in [-0.3, -0.25) is 4.90 Å². The molecule has 2 N–H and O–H groups in total. The zero-order valence-corrected chi connectivity index (χ0v) is 11.5. The smallest absolute Gasteiger partial charge is 0.0328 e. The van der Waals surface area contributed by atoms with E-state index in [-0.39, 0.29) is 0 Å². The highest BCUT2D eigenvalue weighted by molar-refractivity contribution is 9.10. The highest BCUT2D eigenvalue weighted by Gasteiger charge is 2.31. The fraction of sp³-hybridized carbons (Fsp3) is 0.538. The lowest BCUT2D eigenvalue weighted by Crippen LogP contribution is -2.37. The first-order valence-corrected chi connectivity index (χ1v) is 6.57. The van der Waals surface area contributed by atoms with Crippen LogP contribution in [0.1, 0.15) is 32.3 Å². The van der Waals surface area contributed by atoms with Gasteiger partial charge in [-0.1, -0.05) is 15.9 Å². The fourth-order valence-corrected chi connectivity index (χ4v) is 3.00. The van der Waals surface area contributed by atoms with Gasteiger partial charge < -0.3 is 5.73 Å². The normalized spacial score (nSPS) is 20.2. The number of rotatable bonds is 2. The van der Waals surface area contributed by atoms with E-state index in [1.54, 1.807) is 0 Å². The van der Waals surface area contributed by atoms with E-state index in [0.29, 0.717) is 5.54 Å². The second-order valence-electron chi connectivity index (χ2n) is 5.23. The molecule has 0 saturated carbocycles. The minimum atomic E-state index is 0.330. The largest absolute Gasteiger partial charge is 0.399 e. The Bertz CT molecular complexity index is 367. The molecule has 2 nitrogen and oxygen atoms in total. The Morgan fingerprint density at radius 2 is 2.12 bits per heavy atom. The summed E-state index contributed by atoms with van der Waals surface area (Å²) >= 11 is 3.49. The lowest BCUT2D eigenvalue weighted by Gasteiger charge is -2.31. The van der Waals surface area contributed by atoms with Crippen molar-refractivity contribution in [2.45, 2.75) is 38.8 Å². The Balaban J connectivity index is 2.14. The molecule has 1 aliphatic rings. The molecule has 1 aliphatic heterocycles. The van der Waals surface area contributed by atoms with Crippen LogP contribution in [0.2, 0.25) is 0 Å². The second kappa shape index (κ2) is 4.38. The maximum absolute atomic E-state index is 5.85. The summed E-state index contributed by atoms with van der Waals surface area (Å²) in [5.74, 6) is 0. The number of hydrogen-bond donors (Lipinski definition) is 1. The molecule has 0 aliphatic carbocycles. The van der Waals surface area contributed by atoms with Gasteiger partial charge in [0, 0.05) is 22.2 Å². The Morgan fingerprint density at radius 3 is 2.69 bits per heavy atom. The van der Waals surface area contributed by atoms with E-state index in [4.69, 9.17) is 5.73 Å². The van der Waals surface area contributed by atoms with Crippen LogP contribution in [0.4, 0.5) is 5.69 Å². The topological polar surface area (TPSA) is 29.3 Å². The number of hydrogen-bond acceptors (Lipinski definition) is 2. The number of anilines is 1. The van der Waals surface area contributed by atoms with Gasteiger partial charge >= 0.3 is 0 Å². The number of nitrogens with zero attached hydrogens (tertiary/aromatic N) is 1. The molecule has 88 valence electrons. The summed E-state index contributed by atoms with van der Waals surface area (Å²) in [5.41, 5.74) is 8.31. The van der Waals surface area contributed by atoms with Crippen molar-refractivity contribution >= 4 is 21.6 Å². The third-order valence-electron chi connectivity index (χ3n) is 3.43. The van der Waals surface area contributed by atoms with Gasteiger partial charge in [0.05, 0.1) is 0 Å². The van der Waals surface area contributed by atoms with Crippen LogP contribution in [-0.2, 0) is 6.54 Å². The molecular formula is C13H19BrN2. The minimum Gasteiger partial charge on any atom is -0.399 e. The number of nitrogen functional groups attached to an aromatic ring is 1. The van der Waals surface area contributed by atoms with Crippen molar-refractivity contribution in [2.75, 3.05) is 12.3 Å². The molecule has 0 bridgehead atoms. The van der Waals surface area contributed by atoms with Gasteiger partial charge in [-0.15, -0.1) is 0 Å². The van der Waals surface area contributed by atoms with Crippen molar-refractivity contribution in [1.29, 1.82) is 0 Å². The molecule has 0 radical (unpaired) electrons. The number of benzene rings is 1. The minimum absolute atomic E-state index is 0.330. The quantitative estimate of drug-likeness (QED) is 0.843. The summed E-state index contributed by atoms with van der Waals surface area (Å²) in [6, 6.07) is 6.17. The summed E-state index contributed by atoms with van der Waals surface area (Å²) in [6.45, 7) is 6.83. The lowest BCUT2D eigenvalue weighted by molar-refractivity contribution is 0.166.